The van der Waals surface area contributed by atoms with E-state index in [0.717, 1.165) is 29.9 Å². The number of rotatable bonds is 4. The van der Waals surface area contributed by atoms with Crippen LogP contribution < -0.4 is 5.32 Å². The van der Waals surface area contributed by atoms with Gasteiger partial charge in [-0.05, 0) is 38.0 Å². The molecule has 1 fully saturated rings. The standard InChI is InChI=1S/C19H21N5O3/c1-3-17-21-18(27-23-17)13-6-4-7-14(11-13)20-19(25)24-9-5-8-16(24)15-10-12(2)26-22-15/h4,6-7,10-11,16H,3,5,8-9H2,1-2H3,(H,20,25). The first-order valence-electron chi connectivity index (χ1n) is 9.08. The number of amides is 2. The van der Waals surface area contributed by atoms with E-state index in [1.165, 1.54) is 0 Å². The maximum atomic E-state index is 12.8. The van der Waals surface area contributed by atoms with Crippen molar-refractivity contribution in [3.05, 3.63) is 47.6 Å². The number of nitrogens with zero attached hydrogens (tertiary/aromatic N) is 4. The minimum Gasteiger partial charge on any atom is -0.361 e. The van der Waals surface area contributed by atoms with Gasteiger partial charge >= 0.3 is 6.03 Å². The molecular formula is C19H21N5O3. The minimum absolute atomic E-state index is 0.0614. The Bertz CT molecular complexity index is 948. The van der Waals surface area contributed by atoms with Crippen molar-refractivity contribution >= 4 is 11.7 Å². The lowest BCUT2D eigenvalue weighted by molar-refractivity contribution is 0.204. The second kappa shape index (κ2) is 7.22. The molecule has 0 spiro atoms. The van der Waals surface area contributed by atoms with Gasteiger partial charge in [-0.25, -0.2) is 4.79 Å². The van der Waals surface area contributed by atoms with Crippen LogP contribution in [-0.4, -0.2) is 32.8 Å². The van der Waals surface area contributed by atoms with Crippen LogP contribution in [0.3, 0.4) is 0 Å². The van der Waals surface area contributed by atoms with Gasteiger partial charge in [-0.1, -0.05) is 23.3 Å². The fourth-order valence-electron chi connectivity index (χ4n) is 3.30. The summed E-state index contributed by atoms with van der Waals surface area (Å²) in [5, 5.41) is 11.0. The summed E-state index contributed by atoms with van der Waals surface area (Å²) in [6.45, 7) is 4.50. The van der Waals surface area contributed by atoms with Crippen molar-refractivity contribution < 1.29 is 13.8 Å². The molecule has 1 atom stereocenters. The highest BCUT2D eigenvalue weighted by molar-refractivity contribution is 5.90. The molecule has 3 aromatic rings. The molecule has 1 aliphatic rings. The Kier molecular flexibility index (Phi) is 4.62. The third-order valence-electron chi connectivity index (χ3n) is 4.65. The number of aryl methyl sites for hydroxylation is 2. The Morgan fingerprint density at radius 3 is 2.93 bits per heavy atom. The van der Waals surface area contributed by atoms with E-state index in [4.69, 9.17) is 9.05 Å². The number of aromatic nitrogens is 3. The first-order chi connectivity index (χ1) is 13.1. The number of carbonyl (C=O) groups is 1. The largest absolute Gasteiger partial charge is 0.361 e. The summed E-state index contributed by atoms with van der Waals surface area (Å²) >= 11 is 0. The molecule has 2 aromatic heterocycles. The quantitative estimate of drug-likeness (QED) is 0.749. The second-order valence-electron chi connectivity index (χ2n) is 6.59. The zero-order valence-electron chi connectivity index (χ0n) is 15.3. The SMILES string of the molecule is CCc1noc(-c2cccc(NC(=O)N3CCCC3c3cc(C)on3)c2)n1. The molecule has 1 saturated heterocycles. The van der Waals surface area contributed by atoms with Gasteiger partial charge in [0.2, 0.25) is 0 Å². The minimum atomic E-state index is -0.157. The fourth-order valence-corrected chi connectivity index (χ4v) is 3.30. The van der Waals surface area contributed by atoms with Gasteiger partial charge in [0.05, 0.1) is 6.04 Å². The highest BCUT2D eigenvalue weighted by Crippen LogP contribution is 2.32. The number of nitrogens with one attached hydrogen (secondary N) is 1. The van der Waals surface area contributed by atoms with Crippen molar-refractivity contribution in [3.63, 3.8) is 0 Å². The molecule has 1 aliphatic heterocycles. The summed E-state index contributed by atoms with van der Waals surface area (Å²) in [4.78, 5) is 18.9. The van der Waals surface area contributed by atoms with Crippen molar-refractivity contribution in [2.75, 3.05) is 11.9 Å². The predicted octanol–water partition coefficient (Wildman–Crippen LogP) is 3.96. The van der Waals surface area contributed by atoms with Crippen LogP contribution >= 0.6 is 0 Å². The average molecular weight is 367 g/mol. The molecule has 2 amide bonds. The van der Waals surface area contributed by atoms with E-state index in [1.807, 2.05) is 44.2 Å². The van der Waals surface area contributed by atoms with E-state index in [2.05, 4.69) is 20.6 Å². The summed E-state index contributed by atoms with van der Waals surface area (Å²) in [6, 6.07) is 9.06. The maximum Gasteiger partial charge on any atom is 0.322 e. The van der Waals surface area contributed by atoms with Gasteiger partial charge in [0.1, 0.15) is 11.5 Å². The van der Waals surface area contributed by atoms with Gasteiger partial charge in [0.15, 0.2) is 5.82 Å². The molecule has 4 rings (SSSR count). The van der Waals surface area contributed by atoms with E-state index in [9.17, 15) is 4.79 Å². The number of urea groups is 1. The highest BCUT2D eigenvalue weighted by atomic mass is 16.5. The van der Waals surface area contributed by atoms with Crippen LogP contribution in [0.4, 0.5) is 10.5 Å². The first kappa shape index (κ1) is 17.3. The van der Waals surface area contributed by atoms with Crippen molar-refractivity contribution in [3.8, 4) is 11.5 Å². The van der Waals surface area contributed by atoms with Gasteiger partial charge in [-0.3, -0.25) is 0 Å². The summed E-state index contributed by atoms with van der Waals surface area (Å²) < 4.78 is 10.4. The molecular weight excluding hydrogens is 346 g/mol. The van der Waals surface area contributed by atoms with Crippen molar-refractivity contribution in [2.45, 2.75) is 39.2 Å². The average Bonchev–Trinajstić information content (AvgIpc) is 3.41. The van der Waals surface area contributed by atoms with E-state index < -0.39 is 0 Å². The monoisotopic (exact) mass is 367 g/mol. The molecule has 8 nitrogen and oxygen atoms in total. The number of likely N-dealkylation sites (tertiary alicyclic amines) is 1. The van der Waals surface area contributed by atoms with Crippen LogP contribution in [0.25, 0.3) is 11.5 Å². The molecule has 1 aromatic carbocycles. The third-order valence-corrected chi connectivity index (χ3v) is 4.65. The van der Waals surface area contributed by atoms with E-state index in [0.29, 0.717) is 30.4 Å². The van der Waals surface area contributed by atoms with E-state index in [-0.39, 0.29) is 12.1 Å². The van der Waals surface area contributed by atoms with Gasteiger partial charge in [-0.15, -0.1) is 0 Å². The Morgan fingerprint density at radius 1 is 1.30 bits per heavy atom. The Labute approximate surface area is 156 Å². The van der Waals surface area contributed by atoms with Crippen molar-refractivity contribution in [1.29, 1.82) is 0 Å². The fraction of sp³-hybridized carbons (Fsp3) is 0.368. The molecule has 0 radical (unpaired) electrons. The first-order valence-corrected chi connectivity index (χ1v) is 9.08. The van der Waals surface area contributed by atoms with Crippen LogP contribution in [0.1, 0.15) is 43.1 Å². The normalized spacial score (nSPS) is 16.7. The third kappa shape index (κ3) is 3.55. The number of benzene rings is 1. The van der Waals surface area contributed by atoms with Crippen LogP contribution in [-0.2, 0) is 6.42 Å². The summed E-state index contributed by atoms with van der Waals surface area (Å²) in [5.41, 5.74) is 2.24. The predicted molar refractivity (Wildman–Crippen MR) is 98.1 cm³/mol. The summed E-state index contributed by atoms with van der Waals surface area (Å²) in [7, 11) is 0. The van der Waals surface area contributed by atoms with Crippen LogP contribution in [0.5, 0.6) is 0 Å². The maximum absolute atomic E-state index is 12.8. The molecule has 0 bridgehead atoms. The molecule has 1 N–H and O–H groups in total. The zero-order valence-corrected chi connectivity index (χ0v) is 15.3. The van der Waals surface area contributed by atoms with E-state index >= 15 is 0 Å². The lowest BCUT2D eigenvalue weighted by atomic mass is 10.1. The number of carbonyl (C=O) groups excluding carboxylic acids is 1. The molecule has 0 saturated carbocycles. The van der Waals surface area contributed by atoms with Gasteiger partial charge in [0.25, 0.3) is 5.89 Å². The molecule has 140 valence electrons. The highest BCUT2D eigenvalue weighted by Gasteiger charge is 2.32. The number of hydrogen-bond donors (Lipinski definition) is 1. The topological polar surface area (TPSA) is 97.3 Å². The molecule has 1 unspecified atom stereocenters. The lowest BCUT2D eigenvalue weighted by Crippen LogP contribution is -2.34. The summed E-state index contributed by atoms with van der Waals surface area (Å²) in [5.74, 6) is 1.85. The van der Waals surface area contributed by atoms with Crippen LogP contribution in [0.2, 0.25) is 0 Å². The van der Waals surface area contributed by atoms with Gasteiger partial charge in [-0.2, -0.15) is 4.98 Å². The second-order valence-corrected chi connectivity index (χ2v) is 6.59. The van der Waals surface area contributed by atoms with Crippen LogP contribution in [0.15, 0.2) is 39.4 Å². The van der Waals surface area contributed by atoms with Gasteiger partial charge in [0, 0.05) is 30.3 Å². The molecule has 3 heterocycles. The Hall–Kier alpha value is -3.16. The lowest BCUT2D eigenvalue weighted by Gasteiger charge is -2.23. The zero-order chi connectivity index (χ0) is 18.8. The number of hydrogen-bond acceptors (Lipinski definition) is 6. The number of anilines is 1. The van der Waals surface area contributed by atoms with Crippen molar-refractivity contribution in [1.82, 2.24) is 20.2 Å². The Balaban J connectivity index is 1.50. The van der Waals surface area contributed by atoms with Crippen molar-refractivity contribution in [2.24, 2.45) is 0 Å². The van der Waals surface area contributed by atoms with Gasteiger partial charge < -0.3 is 19.3 Å². The molecule has 8 heteroatoms. The Morgan fingerprint density at radius 2 is 2.19 bits per heavy atom. The smallest absolute Gasteiger partial charge is 0.322 e. The molecule has 27 heavy (non-hydrogen) atoms. The van der Waals surface area contributed by atoms with E-state index in [1.54, 1.807) is 4.90 Å². The summed E-state index contributed by atoms with van der Waals surface area (Å²) in [6.07, 6.45) is 2.52. The molecule has 0 aliphatic carbocycles. The van der Waals surface area contributed by atoms with Crippen LogP contribution in [0, 0.1) is 6.92 Å².